The molecule has 1 aliphatic heterocycles. The lowest BCUT2D eigenvalue weighted by Crippen LogP contribution is -2.33. The van der Waals surface area contributed by atoms with Gasteiger partial charge in [0.2, 0.25) is 0 Å². The third kappa shape index (κ3) is 4.46. The minimum Gasteiger partial charge on any atom is -0.324 e. The van der Waals surface area contributed by atoms with Gasteiger partial charge < -0.3 is 5.32 Å². The van der Waals surface area contributed by atoms with Crippen molar-refractivity contribution in [3.8, 4) is 0 Å². The first-order valence-corrected chi connectivity index (χ1v) is 9.24. The molecule has 0 saturated carbocycles. The molecule has 0 spiro atoms. The molecule has 0 aliphatic carbocycles. The van der Waals surface area contributed by atoms with Crippen LogP contribution in [0.5, 0.6) is 0 Å². The normalized spacial score (nSPS) is 15.6. The summed E-state index contributed by atoms with van der Waals surface area (Å²) in [4.78, 5) is 15.4. The van der Waals surface area contributed by atoms with Crippen LogP contribution in [0.2, 0.25) is 0 Å². The summed E-state index contributed by atoms with van der Waals surface area (Å²) in [5.41, 5.74) is 1.86. The minimum atomic E-state index is -0.121. The fourth-order valence-corrected chi connectivity index (χ4v) is 3.50. The number of likely N-dealkylation sites (tertiary alicyclic amines) is 1. The second-order valence-corrected chi connectivity index (χ2v) is 6.81. The Kier molecular flexibility index (Phi) is 5.34. The van der Waals surface area contributed by atoms with E-state index < -0.39 is 0 Å². The Balaban J connectivity index is 1.37. The summed E-state index contributed by atoms with van der Waals surface area (Å²) < 4.78 is 13.9. The molecule has 0 radical (unpaired) electrons. The number of aromatic nitrogens is 3. The van der Waals surface area contributed by atoms with Gasteiger partial charge in [-0.15, -0.1) is 0 Å². The maximum atomic E-state index is 13.9. The molecule has 1 N–H and O–H groups in total. The summed E-state index contributed by atoms with van der Waals surface area (Å²) in [6.45, 7) is 2.56. The lowest BCUT2D eigenvalue weighted by Gasteiger charge is -2.31. The first-order chi connectivity index (χ1) is 13.3. The van der Waals surface area contributed by atoms with Gasteiger partial charge in [-0.3, -0.25) is 9.88 Å². The Morgan fingerprint density at radius 1 is 1.00 bits per heavy atom. The molecule has 0 unspecified atom stereocenters. The predicted molar refractivity (Wildman–Crippen MR) is 103 cm³/mol. The SMILES string of the molecule is Fc1ccccc1CN1CCC(c2cccc(Nc3cnccn3)n2)CC1. The molecule has 1 saturated heterocycles. The zero-order valence-electron chi connectivity index (χ0n) is 15.1. The summed E-state index contributed by atoms with van der Waals surface area (Å²) >= 11 is 0. The Morgan fingerprint density at radius 3 is 2.63 bits per heavy atom. The van der Waals surface area contributed by atoms with E-state index >= 15 is 0 Å². The smallest absolute Gasteiger partial charge is 0.150 e. The zero-order valence-corrected chi connectivity index (χ0v) is 15.1. The highest BCUT2D eigenvalue weighted by Gasteiger charge is 2.22. The molecule has 0 amide bonds. The lowest BCUT2D eigenvalue weighted by molar-refractivity contribution is 0.201. The molecule has 1 aliphatic rings. The Labute approximate surface area is 158 Å². The van der Waals surface area contributed by atoms with Gasteiger partial charge in [0.05, 0.1) is 6.20 Å². The van der Waals surface area contributed by atoms with Crippen LogP contribution in [0.25, 0.3) is 0 Å². The molecule has 5 nitrogen and oxygen atoms in total. The van der Waals surface area contributed by atoms with Crippen LogP contribution in [0.3, 0.4) is 0 Å². The Bertz CT molecular complexity index is 879. The number of nitrogens with one attached hydrogen (secondary N) is 1. The lowest BCUT2D eigenvalue weighted by atomic mass is 9.92. The molecule has 0 atom stereocenters. The van der Waals surface area contributed by atoms with E-state index in [4.69, 9.17) is 4.98 Å². The molecule has 0 bridgehead atoms. The molecule has 6 heteroatoms. The summed E-state index contributed by atoms with van der Waals surface area (Å²) in [6, 6.07) is 13.1. The Morgan fingerprint density at radius 2 is 1.85 bits per heavy atom. The van der Waals surface area contributed by atoms with Crippen molar-refractivity contribution in [2.24, 2.45) is 0 Å². The van der Waals surface area contributed by atoms with E-state index in [1.807, 2.05) is 24.3 Å². The number of hydrogen-bond acceptors (Lipinski definition) is 5. The zero-order chi connectivity index (χ0) is 18.5. The van der Waals surface area contributed by atoms with E-state index in [1.54, 1.807) is 24.7 Å². The van der Waals surface area contributed by atoms with Gasteiger partial charge >= 0.3 is 0 Å². The van der Waals surface area contributed by atoms with Gasteiger partial charge in [0.15, 0.2) is 0 Å². The van der Waals surface area contributed by atoms with Crippen LogP contribution in [0.1, 0.15) is 30.0 Å². The average molecular weight is 363 g/mol. The van der Waals surface area contributed by atoms with Gasteiger partial charge in [0.1, 0.15) is 17.5 Å². The number of pyridine rings is 1. The number of rotatable bonds is 5. The van der Waals surface area contributed by atoms with Crippen LogP contribution in [0, 0.1) is 5.82 Å². The van der Waals surface area contributed by atoms with Crippen molar-refractivity contribution in [2.45, 2.75) is 25.3 Å². The molecule has 4 rings (SSSR count). The molecular formula is C21H22FN5. The molecule has 2 aromatic heterocycles. The Hall–Kier alpha value is -2.86. The van der Waals surface area contributed by atoms with Crippen LogP contribution < -0.4 is 5.32 Å². The van der Waals surface area contributed by atoms with Crippen molar-refractivity contribution in [1.82, 2.24) is 19.9 Å². The standard InChI is InChI=1S/C21H22FN5/c22-18-5-2-1-4-17(18)15-27-12-8-16(9-13-27)19-6-3-7-20(25-19)26-21-14-23-10-11-24-21/h1-7,10-11,14,16H,8-9,12-13,15H2,(H,24,25,26). The number of benzene rings is 1. The number of anilines is 2. The maximum absolute atomic E-state index is 13.9. The van der Waals surface area contributed by atoms with Crippen LogP contribution >= 0.6 is 0 Å². The summed E-state index contributed by atoms with van der Waals surface area (Å²) in [5, 5.41) is 3.19. The van der Waals surface area contributed by atoms with E-state index in [0.717, 1.165) is 43.0 Å². The number of halogens is 1. The van der Waals surface area contributed by atoms with E-state index in [2.05, 4.69) is 26.3 Å². The second-order valence-electron chi connectivity index (χ2n) is 6.81. The van der Waals surface area contributed by atoms with Crippen molar-refractivity contribution >= 4 is 11.6 Å². The summed E-state index contributed by atoms with van der Waals surface area (Å²) in [5.74, 6) is 1.76. The quantitative estimate of drug-likeness (QED) is 0.738. The second kappa shape index (κ2) is 8.22. The predicted octanol–water partition coefficient (Wildman–Crippen LogP) is 4.13. The van der Waals surface area contributed by atoms with Crippen molar-refractivity contribution in [3.63, 3.8) is 0 Å². The fraction of sp³-hybridized carbons (Fsp3) is 0.286. The third-order valence-corrected chi connectivity index (χ3v) is 4.95. The van der Waals surface area contributed by atoms with E-state index in [0.29, 0.717) is 18.3 Å². The largest absolute Gasteiger partial charge is 0.324 e. The molecule has 3 heterocycles. The number of nitrogens with zero attached hydrogens (tertiary/aromatic N) is 4. The fourth-order valence-electron chi connectivity index (χ4n) is 3.50. The number of piperidine rings is 1. The van der Waals surface area contributed by atoms with Crippen LogP contribution in [-0.2, 0) is 6.54 Å². The molecular weight excluding hydrogens is 341 g/mol. The highest BCUT2D eigenvalue weighted by Crippen LogP contribution is 2.28. The van der Waals surface area contributed by atoms with E-state index in [1.165, 1.54) is 6.07 Å². The highest BCUT2D eigenvalue weighted by molar-refractivity contribution is 5.50. The third-order valence-electron chi connectivity index (χ3n) is 4.95. The number of hydrogen-bond donors (Lipinski definition) is 1. The monoisotopic (exact) mass is 363 g/mol. The molecule has 1 fully saturated rings. The van der Waals surface area contributed by atoms with Gasteiger partial charge in [0.25, 0.3) is 0 Å². The van der Waals surface area contributed by atoms with E-state index in [-0.39, 0.29) is 5.82 Å². The van der Waals surface area contributed by atoms with Gasteiger partial charge in [-0.1, -0.05) is 24.3 Å². The topological polar surface area (TPSA) is 53.9 Å². The van der Waals surface area contributed by atoms with Gasteiger partial charge in [-0.25, -0.2) is 14.4 Å². The van der Waals surface area contributed by atoms with Crippen LogP contribution in [0.4, 0.5) is 16.0 Å². The van der Waals surface area contributed by atoms with Crippen molar-refractivity contribution in [3.05, 3.63) is 78.1 Å². The first kappa shape index (κ1) is 17.5. The van der Waals surface area contributed by atoms with Gasteiger partial charge in [-0.05, 0) is 44.1 Å². The first-order valence-electron chi connectivity index (χ1n) is 9.24. The highest BCUT2D eigenvalue weighted by atomic mass is 19.1. The van der Waals surface area contributed by atoms with E-state index in [9.17, 15) is 4.39 Å². The minimum absolute atomic E-state index is 0.121. The van der Waals surface area contributed by atoms with Crippen molar-refractivity contribution in [2.75, 3.05) is 18.4 Å². The maximum Gasteiger partial charge on any atom is 0.150 e. The average Bonchev–Trinajstić information content (AvgIpc) is 2.71. The van der Waals surface area contributed by atoms with Gasteiger partial charge in [-0.2, -0.15) is 0 Å². The molecule has 138 valence electrons. The summed E-state index contributed by atoms with van der Waals surface area (Å²) in [6.07, 6.45) is 7.02. The van der Waals surface area contributed by atoms with Crippen LogP contribution in [-0.4, -0.2) is 32.9 Å². The summed E-state index contributed by atoms with van der Waals surface area (Å²) in [7, 11) is 0. The van der Waals surface area contributed by atoms with Crippen molar-refractivity contribution < 1.29 is 4.39 Å². The molecule has 3 aromatic rings. The molecule has 27 heavy (non-hydrogen) atoms. The molecule has 1 aromatic carbocycles. The van der Waals surface area contributed by atoms with Gasteiger partial charge in [0, 0.05) is 36.1 Å². The van der Waals surface area contributed by atoms with Crippen LogP contribution in [0.15, 0.2) is 61.1 Å². The van der Waals surface area contributed by atoms with Crippen molar-refractivity contribution in [1.29, 1.82) is 0 Å².